The van der Waals surface area contributed by atoms with E-state index < -0.39 is 15.8 Å². The van der Waals surface area contributed by atoms with Crippen molar-refractivity contribution >= 4 is 15.7 Å². The average Bonchev–Trinajstić information content (AvgIpc) is 2.37. The van der Waals surface area contributed by atoms with E-state index in [0.717, 1.165) is 6.07 Å². The van der Waals surface area contributed by atoms with Crippen molar-refractivity contribution in [2.24, 2.45) is 0 Å². The molecule has 2 rings (SSSR count). The van der Waals surface area contributed by atoms with Gasteiger partial charge >= 0.3 is 0 Å². The summed E-state index contributed by atoms with van der Waals surface area (Å²) < 4.78 is 39.3. The van der Waals surface area contributed by atoms with Gasteiger partial charge in [0.15, 0.2) is 0 Å². The molecule has 2 aromatic rings. The van der Waals surface area contributed by atoms with Gasteiger partial charge in [-0.3, -0.25) is 4.72 Å². The number of aliphatic hydroxyl groups is 1. The Morgan fingerprint density at radius 2 is 1.75 bits per heavy atom. The molecule has 106 valence electrons. The molecule has 0 radical (unpaired) electrons. The van der Waals surface area contributed by atoms with Crippen molar-refractivity contribution in [3.8, 4) is 0 Å². The van der Waals surface area contributed by atoms with Crippen LogP contribution in [0.5, 0.6) is 0 Å². The van der Waals surface area contributed by atoms with Gasteiger partial charge in [-0.05, 0) is 29.3 Å². The molecule has 2 aromatic carbocycles. The third kappa shape index (κ3) is 4.04. The van der Waals surface area contributed by atoms with Crippen LogP contribution in [-0.2, 0) is 22.4 Å². The van der Waals surface area contributed by atoms with Gasteiger partial charge in [-0.25, -0.2) is 12.8 Å². The van der Waals surface area contributed by atoms with E-state index in [4.69, 9.17) is 5.11 Å². The first-order valence-electron chi connectivity index (χ1n) is 5.93. The topological polar surface area (TPSA) is 66.4 Å². The summed E-state index contributed by atoms with van der Waals surface area (Å²) in [5.41, 5.74) is 1.38. The average molecular weight is 295 g/mol. The maximum absolute atomic E-state index is 13.0. The fourth-order valence-corrected chi connectivity index (χ4v) is 2.98. The maximum Gasteiger partial charge on any atom is 0.236 e. The number of anilines is 1. The molecule has 0 heterocycles. The molecule has 0 aliphatic heterocycles. The van der Waals surface area contributed by atoms with Gasteiger partial charge in [0.1, 0.15) is 5.82 Å². The van der Waals surface area contributed by atoms with Crippen molar-refractivity contribution in [3.05, 3.63) is 65.5 Å². The van der Waals surface area contributed by atoms with Crippen LogP contribution in [-0.4, -0.2) is 13.5 Å². The van der Waals surface area contributed by atoms with Crippen molar-refractivity contribution in [1.29, 1.82) is 0 Å². The minimum absolute atomic E-state index is 0.148. The quantitative estimate of drug-likeness (QED) is 0.889. The highest BCUT2D eigenvalue weighted by atomic mass is 32.2. The molecule has 2 N–H and O–H groups in total. The van der Waals surface area contributed by atoms with E-state index in [0.29, 0.717) is 11.1 Å². The molecule has 0 aliphatic rings. The van der Waals surface area contributed by atoms with Gasteiger partial charge in [0.2, 0.25) is 10.0 Å². The molecule has 0 bridgehead atoms. The first-order chi connectivity index (χ1) is 9.48. The Hall–Kier alpha value is -1.92. The largest absolute Gasteiger partial charge is 0.392 e. The molecule has 0 spiro atoms. The van der Waals surface area contributed by atoms with Crippen molar-refractivity contribution in [2.45, 2.75) is 12.4 Å². The van der Waals surface area contributed by atoms with Crippen LogP contribution in [0.2, 0.25) is 0 Å². The number of aliphatic hydroxyl groups excluding tert-OH is 1. The lowest BCUT2D eigenvalue weighted by molar-refractivity contribution is 0.282. The number of nitrogens with one attached hydrogen (secondary N) is 1. The molecule has 0 fully saturated rings. The van der Waals surface area contributed by atoms with Crippen molar-refractivity contribution in [3.63, 3.8) is 0 Å². The number of hydrogen-bond donors (Lipinski definition) is 2. The standard InChI is InChI=1S/C14H14FNO3S/c15-13-5-2-6-14(8-13)16-20(18,19)10-12-4-1-3-11(7-12)9-17/h1-8,16-17H,9-10H2. The van der Waals surface area contributed by atoms with Crippen LogP contribution < -0.4 is 4.72 Å². The minimum atomic E-state index is -3.63. The van der Waals surface area contributed by atoms with E-state index in [1.165, 1.54) is 18.2 Å². The Morgan fingerprint density at radius 1 is 1.05 bits per heavy atom. The molecular weight excluding hydrogens is 281 g/mol. The van der Waals surface area contributed by atoms with Crippen molar-refractivity contribution in [1.82, 2.24) is 0 Å². The van der Waals surface area contributed by atoms with Gasteiger partial charge in [-0.2, -0.15) is 0 Å². The van der Waals surface area contributed by atoms with Crippen LogP contribution in [0.4, 0.5) is 10.1 Å². The lowest BCUT2D eigenvalue weighted by Gasteiger charge is -2.09. The summed E-state index contributed by atoms with van der Waals surface area (Å²) in [6.45, 7) is -0.148. The number of halogens is 1. The molecule has 20 heavy (non-hydrogen) atoms. The third-order valence-corrected chi connectivity index (χ3v) is 3.89. The Labute approximate surface area is 116 Å². The first-order valence-corrected chi connectivity index (χ1v) is 7.58. The third-order valence-electron chi connectivity index (χ3n) is 2.63. The number of sulfonamides is 1. The van der Waals surface area contributed by atoms with Gasteiger partial charge in [-0.1, -0.05) is 30.3 Å². The second-order valence-corrected chi connectivity index (χ2v) is 6.07. The van der Waals surface area contributed by atoms with Crippen LogP contribution in [0.1, 0.15) is 11.1 Å². The summed E-state index contributed by atoms with van der Waals surface area (Å²) in [6, 6.07) is 11.9. The molecule has 0 saturated heterocycles. The zero-order valence-corrected chi connectivity index (χ0v) is 11.4. The first kappa shape index (κ1) is 14.5. The highest BCUT2D eigenvalue weighted by Gasteiger charge is 2.12. The Bertz CT molecular complexity index is 701. The molecule has 0 atom stereocenters. The fraction of sp³-hybridized carbons (Fsp3) is 0.143. The normalized spacial score (nSPS) is 11.3. The SMILES string of the molecule is O=S(=O)(Cc1cccc(CO)c1)Nc1cccc(F)c1. The van der Waals surface area contributed by atoms with E-state index in [1.54, 1.807) is 24.3 Å². The fourth-order valence-electron chi connectivity index (χ4n) is 1.80. The van der Waals surface area contributed by atoms with Gasteiger partial charge in [0.25, 0.3) is 0 Å². The van der Waals surface area contributed by atoms with E-state index in [1.807, 2.05) is 0 Å². The van der Waals surface area contributed by atoms with Crippen molar-refractivity contribution in [2.75, 3.05) is 4.72 Å². The Balaban J connectivity index is 2.14. The van der Waals surface area contributed by atoms with Crippen LogP contribution in [0.25, 0.3) is 0 Å². The molecule has 6 heteroatoms. The summed E-state index contributed by atoms with van der Waals surface area (Å²) in [7, 11) is -3.63. The summed E-state index contributed by atoms with van der Waals surface area (Å²) in [5, 5.41) is 9.02. The van der Waals surface area contributed by atoms with E-state index in [2.05, 4.69) is 4.72 Å². The summed E-state index contributed by atoms with van der Waals surface area (Å²) in [4.78, 5) is 0. The van der Waals surface area contributed by atoms with Gasteiger partial charge in [-0.15, -0.1) is 0 Å². The number of rotatable bonds is 5. The van der Waals surface area contributed by atoms with E-state index >= 15 is 0 Å². The summed E-state index contributed by atoms with van der Waals surface area (Å²) in [6.07, 6.45) is 0. The number of benzene rings is 2. The monoisotopic (exact) mass is 295 g/mol. The molecule has 0 saturated carbocycles. The van der Waals surface area contributed by atoms with Crippen molar-refractivity contribution < 1.29 is 17.9 Å². The lowest BCUT2D eigenvalue weighted by Crippen LogP contribution is -2.15. The smallest absolute Gasteiger partial charge is 0.236 e. The molecule has 0 amide bonds. The van der Waals surface area contributed by atoms with Gasteiger partial charge in [0.05, 0.1) is 18.0 Å². The van der Waals surface area contributed by atoms with Crippen LogP contribution in [0, 0.1) is 5.82 Å². The van der Waals surface area contributed by atoms with Crippen LogP contribution in [0.3, 0.4) is 0 Å². The predicted octanol–water partition coefficient (Wildman–Crippen LogP) is 2.26. The minimum Gasteiger partial charge on any atom is -0.392 e. The Morgan fingerprint density at radius 3 is 2.45 bits per heavy atom. The lowest BCUT2D eigenvalue weighted by atomic mass is 10.1. The molecule has 0 unspecified atom stereocenters. The molecular formula is C14H14FNO3S. The molecule has 4 nitrogen and oxygen atoms in total. The Kier molecular flexibility index (Phi) is 4.36. The summed E-state index contributed by atoms with van der Waals surface area (Å²) >= 11 is 0. The second-order valence-electron chi connectivity index (χ2n) is 4.35. The molecule has 0 aliphatic carbocycles. The van der Waals surface area contributed by atoms with Crippen LogP contribution >= 0.6 is 0 Å². The van der Waals surface area contributed by atoms with Gasteiger partial charge < -0.3 is 5.11 Å². The van der Waals surface area contributed by atoms with Crippen LogP contribution in [0.15, 0.2) is 48.5 Å². The highest BCUT2D eigenvalue weighted by molar-refractivity contribution is 7.91. The summed E-state index contributed by atoms with van der Waals surface area (Å²) in [5.74, 6) is -0.746. The van der Waals surface area contributed by atoms with E-state index in [9.17, 15) is 12.8 Å². The second kappa shape index (κ2) is 6.02. The zero-order valence-electron chi connectivity index (χ0n) is 10.6. The van der Waals surface area contributed by atoms with E-state index in [-0.39, 0.29) is 18.0 Å². The molecule has 0 aromatic heterocycles. The maximum atomic E-state index is 13.0. The zero-order chi connectivity index (χ0) is 14.6. The predicted molar refractivity (Wildman–Crippen MR) is 75.0 cm³/mol. The highest BCUT2D eigenvalue weighted by Crippen LogP contribution is 2.15. The number of hydrogen-bond acceptors (Lipinski definition) is 3. The van der Waals surface area contributed by atoms with Gasteiger partial charge in [0, 0.05) is 0 Å².